The van der Waals surface area contributed by atoms with E-state index in [0.29, 0.717) is 0 Å². The normalized spacial score (nSPS) is 11.1. The summed E-state index contributed by atoms with van der Waals surface area (Å²) in [6, 6.07) is 5.13. The maximum absolute atomic E-state index is 10.9. The molecule has 0 saturated carbocycles. The first-order chi connectivity index (χ1) is 7.00. The fraction of sp³-hybridized carbons (Fsp3) is 0. The van der Waals surface area contributed by atoms with Crippen molar-refractivity contribution in [3.8, 4) is 5.75 Å². The van der Waals surface area contributed by atoms with Crippen LogP contribution in [0.5, 0.6) is 5.75 Å². The Kier molecular flexibility index (Phi) is 4.47. The number of phenolic OH excluding ortho intramolecular Hbond substituents is 1. The molecule has 1 N–H and O–H groups in total. The molecular weight excluding hydrogens is 257 g/mol. The minimum atomic E-state index is -4.55. The maximum Gasteiger partial charge on any atom is 1.00 e. The van der Waals surface area contributed by atoms with E-state index >= 15 is 0 Å². The van der Waals surface area contributed by atoms with Gasteiger partial charge in [-0.3, -0.25) is 4.98 Å². The average molecular weight is 263 g/mol. The van der Waals surface area contributed by atoms with Gasteiger partial charge in [0.2, 0.25) is 0 Å². The molecule has 2 aromatic rings. The molecule has 5 nitrogen and oxygen atoms in total. The van der Waals surface area contributed by atoms with Crippen LogP contribution in [0.1, 0.15) is 0 Å². The molecule has 0 spiro atoms. The summed E-state index contributed by atoms with van der Waals surface area (Å²) in [5.74, 6) is -0.155. The van der Waals surface area contributed by atoms with Gasteiger partial charge in [0.15, 0.2) is 0 Å². The first kappa shape index (κ1) is 14.0. The number of nitrogens with zero attached hydrogens (tertiary/aromatic N) is 1. The molecule has 0 aliphatic rings. The van der Waals surface area contributed by atoms with Gasteiger partial charge >= 0.3 is 51.4 Å². The number of aromatic hydroxyl groups is 1. The van der Waals surface area contributed by atoms with Gasteiger partial charge < -0.3 is 9.66 Å². The second-order valence-corrected chi connectivity index (χ2v) is 4.28. The van der Waals surface area contributed by atoms with Gasteiger partial charge in [0.1, 0.15) is 21.4 Å². The Balaban J connectivity index is 0.00000128. The van der Waals surface area contributed by atoms with Crippen molar-refractivity contribution >= 4 is 21.0 Å². The van der Waals surface area contributed by atoms with Crippen LogP contribution >= 0.6 is 0 Å². The van der Waals surface area contributed by atoms with Crippen molar-refractivity contribution in [2.45, 2.75) is 4.90 Å². The van der Waals surface area contributed by atoms with Crippen molar-refractivity contribution in [2.24, 2.45) is 0 Å². The molecule has 0 radical (unpaired) electrons. The number of fused-ring (bicyclic) bond motifs is 1. The van der Waals surface area contributed by atoms with Crippen LogP contribution in [0.4, 0.5) is 0 Å². The van der Waals surface area contributed by atoms with E-state index in [0.717, 1.165) is 12.1 Å². The predicted octanol–water partition coefficient (Wildman–Crippen LogP) is -2.15. The molecule has 7 heteroatoms. The largest absolute Gasteiger partial charge is 1.00 e. The van der Waals surface area contributed by atoms with Crippen LogP contribution in [-0.4, -0.2) is 23.1 Å². The number of hydrogen-bond donors (Lipinski definition) is 1. The van der Waals surface area contributed by atoms with Crippen LogP contribution in [0.3, 0.4) is 0 Å². The molecule has 1 aromatic carbocycles. The maximum atomic E-state index is 10.9. The van der Waals surface area contributed by atoms with Gasteiger partial charge in [-0.2, -0.15) is 0 Å². The number of hydrogen-bond acceptors (Lipinski definition) is 5. The first-order valence-electron chi connectivity index (χ1n) is 4.03. The summed E-state index contributed by atoms with van der Waals surface area (Å²) < 4.78 is 32.7. The Bertz CT molecular complexity index is 626. The fourth-order valence-electron chi connectivity index (χ4n) is 1.35. The Labute approximate surface area is 135 Å². The Morgan fingerprint density at radius 2 is 1.94 bits per heavy atom. The molecule has 0 aliphatic heterocycles. The van der Waals surface area contributed by atoms with Crippen molar-refractivity contribution in [1.29, 1.82) is 0 Å². The summed E-state index contributed by atoms with van der Waals surface area (Å²) in [5, 5.41) is 9.53. The minimum absolute atomic E-state index is 0. The zero-order valence-electron chi connectivity index (χ0n) is 8.41. The van der Waals surface area contributed by atoms with E-state index in [1.54, 1.807) is 0 Å². The van der Waals surface area contributed by atoms with Gasteiger partial charge in [-0.15, -0.1) is 0 Å². The van der Waals surface area contributed by atoms with Crippen LogP contribution in [-0.2, 0) is 10.1 Å². The topological polar surface area (TPSA) is 90.3 Å². The van der Waals surface area contributed by atoms with Crippen LogP contribution in [0.2, 0.25) is 0 Å². The van der Waals surface area contributed by atoms with E-state index in [2.05, 4.69) is 4.98 Å². The molecule has 1 heterocycles. The van der Waals surface area contributed by atoms with Crippen LogP contribution in [0.25, 0.3) is 10.9 Å². The summed E-state index contributed by atoms with van der Waals surface area (Å²) in [6.45, 7) is 0. The quantitative estimate of drug-likeness (QED) is 0.468. The van der Waals surface area contributed by atoms with E-state index in [1.165, 1.54) is 18.3 Å². The minimum Gasteiger partial charge on any atom is -0.744 e. The number of rotatable bonds is 1. The van der Waals surface area contributed by atoms with Crippen LogP contribution in [0.15, 0.2) is 35.4 Å². The molecule has 0 amide bonds. The predicted molar refractivity (Wildman–Crippen MR) is 51.4 cm³/mol. The molecule has 0 atom stereocenters. The molecule has 2 rings (SSSR count). The molecule has 0 unspecified atom stereocenters. The number of aromatic nitrogens is 1. The molecule has 0 aliphatic carbocycles. The van der Waals surface area contributed by atoms with Crippen molar-refractivity contribution < 1.29 is 69.5 Å². The zero-order valence-corrected chi connectivity index (χ0v) is 12.4. The van der Waals surface area contributed by atoms with Gasteiger partial charge in [-0.05, 0) is 24.3 Å². The van der Waals surface area contributed by atoms with E-state index in [-0.39, 0.29) is 72.9 Å². The average Bonchev–Trinajstić information content (AvgIpc) is 2.17. The van der Waals surface area contributed by atoms with Crippen LogP contribution < -0.4 is 51.4 Å². The standard InChI is InChI=1S/C9H7NO4S.K/c11-7-3-4-8(15(12,13)14)6-2-1-5-10-9(6)7;/h1-5,11H,(H,12,13,14);/q;+1/p-1. The van der Waals surface area contributed by atoms with Crippen molar-refractivity contribution in [3.63, 3.8) is 0 Å². The number of phenols is 1. The third-order valence-electron chi connectivity index (χ3n) is 1.98. The molecule has 0 fully saturated rings. The van der Waals surface area contributed by atoms with Crippen molar-refractivity contribution in [3.05, 3.63) is 30.5 Å². The Morgan fingerprint density at radius 1 is 1.25 bits per heavy atom. The summed E-state index contributed by atoms with van der Waals surface area (Å²) in [4.78, 5) is 3.43. The van der Waals surface area contributed by atoms with Crippen molar-refractivity contribution in [2.75, 3.05) is 0 Å². The number of benzene rings is 1. The smallest absolute Gasteiger partial charge is 0.744 e. The van der Waals surface area contributed by atoms with Gasteiger partial charge in [-0.25, -0.2) is 8.42 Å². The Hall–Kier alpha value is -0.0236. The van der Waals surface area contributed by atoms with E-state index in [1.807, 2.05) is 0 Å². The summed E-state index contributed by atoms with van der Waals surface area (Å²) >= 11 is 0. The summed E-state index contributed by atoms with van der Waals surface area (Å²) in [7, 11) is -4.55. The van der Waals surface area contributed by atoms with E-state index in [9.17, 15) is 18.1 Å². The van der Waals surface area contributed by atoms with Gasteiger partial charge in [0.05, 0.1) is 4.90 Å². The summed E-state index contributed by atoms with van der Waals surface area (Å²) in [5.41, 5.74) is 0.106. The first-order valence-corrected chi connectivity index (χ1v) is 5.43. The monoisotopic (exact) mass is 263 g/mol. The van der Waals surface area contributed by atoms with E-state index < -0.39 is 10.1 Å². The van der Waals surface area contributed by atoms with Gasteiger partial charge in [0.25, 0.3) is 0 Å². The number of pyridine rings is 1. The van der Waals surface area contributed by atoms with Gasteiger partial charge in [-0.1, -0.05) is 0 Å². The SMILES string of the molecule is O=S(=O)([O-])c1ccc(O)c2ncccc12.[K+]. The van der Waals surface area contributed by atoms with Crippen LogP contribution in [0, 0.1) is 0 Å². The molecule has 0 bridgehead atoms. The third kappa shape index (κ3) is 2.62. The molecule has 16 heavy (non-hydrogen) atoms. The Morgan fingerprint density at radius 3 is 2.56 bits per heavy atom. The molecule has 78 valence electrons. The second-order valence-electron chi connectivity index (χ2n) is 2.94. The third-order valence-corrected chi connectivity index (χ3v) is 2.87. The summed E-state index contributed by atoms with van der Waals surface area (Å²) in [6.07, 6.45) is 1.41. The zero-order chi connectivity index (χ0) is 11.1. The van der Waals surface area contributed by atoms with Crippen molar-refractivity contribution in [1.82, 2.24) is 4.98 Å². The second kappa shape index (κ2) is 5.09. The fourth-order valence-corrected chi connectivity index (χ4v) is 2.02. The van der Waals surface area contributed by atoms with Gasteiger partial charge in [0, 0.05) is 11.6 Å². The molecular formula is C9H6KNO4S. The molecule has 1 aromatic heterocycles. The molecule has 0 saturated heterocycles. The van der Waals surface area contributed by atoms with E-state index in [4.69, 9.17) is 0 Å².